The summed E-state index contributed by atoms with van der Waals surface area (Å²) in [4.78, 5) is 20.6. The summed E-state index contributed by atoms with van der Waals surface area (Å²) in [5.41, 5.74) is -1.91. The van der Waals surface area contributed by atoms with Crippen molar-refractivity contribution >= 4 is 16.6 Å². The van der Waals surface area contributed by atoms with Gasteiger partial charge in [0.25, 0.3) is 5.56 Å². The minimum Gasteiger partial charge on any atom is -0.506 e. The fourth-order valence-corrected chi connectivity index (χ4v) is 3.29. The van der Waals surface area contributed by atoms with Crippen LogP contribution in [0.3, 0.4) is 0 Å². The van der Waals surface area contributed by atoms with Crippen molar-refractivity contribution in [3.05, 3.63) is 94.0 Å². The average Bonchev–Trinajstić information content (AvgIpc) is 2.76. The first-order valence-corrected chi connectivity index (χ1v) is 9.58. The van der Waals surface area contributed by atoms with E-state index in [0.29, 0.717) is 0 Å². The summed E-state index contributed by atoms with van der Waals surface area (Å²) < 4.78 is 54.3. The molecule has 0 spiro atoms. The molecule has 4 rings (SSSR count). The van der Waals surface area contributed by atoms with Gasteiger partial charge in [-0.1, -0.05) is 24.3 Å². The van der Waals surface area contributed by atoms with Crippen molar-refractivity contribution in [3.63, 3.8) is 0 Å². The van der Waals surface area contributed by atoms with Crippen LogP contribution in [-0.4, -0.2) is 24.7 Å². The van der Waals surface area contributed by atoms with Crippen LogP contribution in [0.5, 0.6) is 5.75 Å². The Morgan fingerprint density at radius 1 is 1.06 bits per heavy atom. The summed E-state index contributed by atoms with van der Waals surface area (Å²) >= 11 is 0. The van der Waals surface area contributed by atoms with E-state index < -0.39 is 40.9 Å². The lowest BCUT2D eigenvalue weighted by Gasteiger charge is -2.17. The van der Waals surface area contributed by atoms with E-state index in [9.17, 15) is 32.6 Å². The van der Waals surface area contributed by atoms with E-state index in [-0.39, 0.29) is 28.7 Å². The Morgan fingerprint density at radius 2 is 1.82 bits per heavy atom. The summed E-state index contributed by atoms with van der Waals surface area (Å²) in [5.74, 6) is -1.57. The van der Waals surface area contributed by atoms with Crippen molar-refractivity contribution in [2.75, 3.05) is 5.32 Å². The van der Waals surface area contributed by atoms with Crippen LogP contribution < -0.4 is 10.9 Å². The molecular weight excluding hydrogens is 444 g/mol. The summed E-state index contributed by atoms with van der Waals surface area (Å²) in [5, 5.41) is 22.5. The third kappa shape index (κ3) is 4.48. The number of aromatic hydroxyl groups is 1. The zero-order chi connectivity index (χ0) is 23.8. The SMILES string of the molecule is O=c1c2c(NC(O)c3ccc(O)c(C(F)(F)F)n3)cccc2ncn1Cc1ccccc1F. The van der Waals surface area contributed by atoms with Crippen molar-refractivity contribution in [3.8, 4) is 5.75 Å². The van der Waals surface area contributed by atoms with Gasteiger partial charge in [-0.25, -0.2) is 14.4 Å². The molecule has 1 atom stereocenters. The van der Waals surface area contributed by atoms with E-state index in [1.165, 1.54) is 41.2 Å². The lowest BCUT2D eigenvalue weighted by Crippen LogP contribution is -2.23. The number of hydrogen-bond donors (Lipinski definition) is 3. The van der Waals surface area contributed by atoms with Crippen LogP contribution in [0.2, 0.25) is 0 Å². The lowest BCUT2D eigenvalue weighted by molar-refractivity contribution is -0.142. The van der Waals surface area contributed by atoms with Gasteiger partial charge < -0.3 is 15.5 Å². The van der Waals surface area contributed by atoms with Crippen LogP contribution in [0.1, 0.15) is 23.2 Å². The Morgan fingerprint density at radius 3 is 2.55 bits per heavy atom. The normalized spacial score (nSPS) is 12.6. The van der Waals surface area contributed by atoms with E-state index in [2.05, 4.69) is 15.3 Å². The van der Waals surface area contributed by atoms with Crippen LogP contribution in [-0.2, 0) is 12.7 Å². The van der Waals surface area contributed by atoms with Gasteiger partial charge in [-0.3, -0.25) is 9.36 Å². The van der Waals surface area contributed by atoms with Gasteiger partial charge in [-0.05, 0) is 30.3 Å². The molecule has 0 fully saturated rings. The number of fused-ring (bicyclic) bond motifs is 1. The molecule has 0 aliphatic heterocycles. The zero-order valence-corrected chi connectivity index (χ0v) is 16.7. The number of alkyl halides is 3. The molecule has 11 heteroatoms. The molecule has 4 aromatic rings. The van der Waals surface area contributed by atoms with Crippen molar-refractivity contribution in [2.45, 2.75) is 18.9 Å². The highest BCUT2D eigenvalue weighted by Gasteiger charge is 2.36. The Labute approximate surface area is 183 Å². The largest absolute Gasteiger partial charge is 0.506 e. The van der Waals surface area contributed by atoms with E-state index in [0.717, 1.165) is 12.1 Å². The lowest BCUT2D eigenvalue weighted by atomic mass is 10.1. The summed E-state index contributed by atoms with van der Waals surface area (Å²) in [6, 6.07) is 12.2. The molecule has 0 bridgehead atoms. The number of halogens is 4. The first kappa shape index (κ1) is 22.2. The fraction of sp³-hybridized carbons (Fsp3) is 0.136. The van der Waals surface area contributed by atoms with E-state index in [1.54, 1.807) is 12.1 Å². The Kier molecular flexibility index (Phi) is 5.73. The quantitative estimate of drug-likeness (QED) is 0.310. The van der Waals surface area contributed by atoms with Crippen LogP contribution >= 0.6 is 0 Å². The number of aliphatic hydroxyl groups is 1. The second-order valence-corrected chi connectivity index (χ2v) is 7.12. The molecule has 7 nitrogen and oxygen atoms in total. The van der Waals surface area contributed by atoms with Gasteiger partial charge in [0.15, 0.2) is 11.9 Å². The predicted octanol–water partition coefficient (Wildman–Crippen LogP) is 3.81. The summed E-state index contributed by atoms with van der Waals surface area (Å²) in [7, 11) is 0. The minimum absolute atomic E-state index is 0.0465. The number of hydrogen-bond acceptors (Lipinski definition) is 6. The van der Waals surface area contributed by atoms with Crippen LogP contribution in [0.15, 0.2) is 65.7 Å². The van der Waals surface area contributed by atoms with E-state index >= 15 is 0 Å². The molecule has 3 N–H and O–H groups in total. The molecule has 170 valence electrons. The van der Waals surface area contributed by atoms with E-state index in [1.807, 2.05) is 0 Å². The molecule has 2 heterocycles. The number of pyridine rings is 1. The highest BCUT2D eigenvalue weighted by atomic mass is 19.4. The van der Waals surface area contributed by atoms with Crippen molar-refractivity contribution in [2.24, 2.45) is 0 Å². The van der Waals surface area contributed by atoms with Gasteiger partial charge in [0.1, 0.15) is 11.6 Å². The Hall–Kier alpha value is -3.99. The number of rotatable bonds is 5. The summed E-state index contributed by atoms with van der Waals surface area (Å²) in [6.45, 7) is -0.0974. The van der Waals surface area contributed by atoms with Gasteiger partial charge >= 0.3 is 6.18 Å². The molecule has 0 radical (unpaired) electrons. The third-order valence-corrected chi connectivity index (χ3v) is 4.89. The molecule has 2 aromatic carbocycles. The van der Waals surface area contributed by atoms with Gasteiger partial charge in [0.2, 0.25) is 0 Å². The molecule has 2 aromatic heterocycles. The van der Waals surface area contributed by atoms with Gasteiger partial charge in [-0.2, -0.15) is 13.2 Å². The second kappa shape index (κ2) is 8.51. The number of benzene rings is 2. The molecule has 0 saturated carbocycles. The van der Waals surface area contributed by atoms with Crippen LogP contribution in [0.4, 0.5) is 23.2 Å². The van der Waals surface area contributed by atoms with Gasteiger partial charge in [0, 0.05) is 5.56 Å². The van der Waals surface area contributed by atoms with Gasteiger partial charge in [0.05, 0.1) is 35.2 Å². The second-order valence-electron chi connectivity index (χ2n) is 7.12. The van der Waals surface area contributed by atoms with Gasteiger partial charge in [-0.15, -0.1) is 0 Å². The zero-order valence-electron chi connectivity index (χ0n) is 16.7. The van der Waals surface area contributed by atoms with E-state index in [4.69, 9.17) is 0 Å². The maximum atomic E-state index is 14.0. The first-order valence-electron chi connectivity index (χ1n) is 9.58. The standard InChI is InChI=1S/C22H16F4N4O3/c23-13-5-2-1-4-12(13)10-30-11-27-14-6-3-7-15(18(14)21(30)33)29-20(32)16-8-9-17(31)19(28-16)22(24,25)26/h1-9,11,20,29,31-32H,10H2. The maximum Gasteiger partial charge on any atom is 0.437 e. The average molecular weight is 460 g/mol. The number of anilines is 1. The Bertz CT molecular complexity index is 1390. The topological polar surface area (TPSA) is 100 Å². The molecule has 0 aliphatic carbocycles. The molecule has 0 aliphatic rings. The van der Waals surface area contributed by atoms with Crippen molar-refractivity contribution < 1.29 is 27.8 Å². The molecule has 0 amide bonds. The minimum atomic E-state index is -4.93. The molecule has 0 saturated heterocycles. The maximum absolute atomic E-state index is 14.0. The third-order valence-electron chi connectivity index (χ3n) is 4.89. The smallest absolute Gasteiger partial charge is 0.437 e. The summed E-state index contributed by atoms with van der Waals surface area (Å²) in [6.07, 6.45) is -5.41. The fourth-order valence-electron chi connectivity index (χ4n) is 3.29. The molecular formula is C22H16F4N4O3. The number of aromatic nitrogens is 3. The van der Waals surface area contributed by atoms with Crippen molar-refractivity contribution in [1.82, 2.24) is 14.5 Å². The Balaban J connectivity index is 1.71. The van der Waals surface area contributed by atoms with Crippen LogP contribution in [0.25, 0.3) is 10.9 Å². The first-order chi connectivity index (χ1) is 15.6. The monoisotopic (exact) mass is 460 g/mol. The number of aliphatic hydroxyl groups excluding tert-OH is 1. The highest BCUT2D eigenvalue weighted by Crippen LogP contribution is 2.35. The number of nitrogens with one attached hydrogen (secondary N) is 1. The van der Waals surface area contributed by atoms with Crippen LogP contribution in [0, 0.1) is 5.82 Å². The van der Waals surface area contributed by atoms with Crippen molar-refractivity contribution in [1.29, 1.82) is 0 Å². The molecule has 33 heavy (non-hydrogen) atoms. The predicted molar refractivity (Wildman–Crippen MR) is 111 cm³/mol. The highest BCUT2D eigenvalue weighted by molar-refractivity contribution is 5.90. The molecule has 1 unspecified atom stereocenters. The number of nitrogens with zero attached hydrogens (tertiary/aromatic N) is 3.